The van der Waals surface area contributed by atoms with Crippen LogP contribution < -0.4 is 10.2 Å². The molecule has 0 spiro atoms. The van der Waals surface area contributed by atoms with Gasteiger partial charge in [0.2, 0.25) is 0 Å². The van der Waals surface area contributed by atoms with Crippen LogP contribution in [0.1, 0.15) is 26.3 Å². The molecular weight excluding hydrogens is 224 g/mol. The first-order valence-corrected chi connectivity index (χ1v) is 6.78. The molecule has 0 aromatic heterocycles. The molecule has 1 unspecified atom stereocenters. The predicted molar refractivity (Wildman–Crippen MR) is 78.2 cm³/mol. The van der Waals surface area contributed by atoms with Gasteiger partial charge in [0.1, 0.15) is 0 Å². The lowest BCUT2D eigenvalue weighted by Crippen LogP contribution is -2.36. The van der Waals surface area contributed by atoms with Crippen LogP contribution in [0.15, 0.2) is 24.3 Å². The zero-order valence-electron chi connectivity index (χ0n) is 12.1. The van der Waals surface area contributed by atoms with Crippen molar-refractivity contribution < 1.29 is 4.74 Å². The van der Waals surface area contributed by atoms with E-state index >= 15 is 0 Å². The zero-order chi connectivity index (χ0) is 13.4. The van der Waals surface area contributed by atoms with Crippen molar-refractivity contribution in [2.75, 3.05) is 31.7 Å². The fraction of sp³-hybridized carbons (Fsp3) is 0.600. The van der Waals surface area contributed by atoms with Crippen molar-refractivity contribution in [2.45, 2.75) is 33.4 Å². The number of benzene rings is 1. The van der Waals surface area contributed by atoms with Crippen LogP contribution in [0.2, 0.25) is 0 Å². The van der Waals surface area contributed by atoms with E-state index in [1.165, 1.54) is 11.3 Å². The van der Waals surface area contributed by atoms with Gasteiger partial charge in [-0.3, -0.25) is 0 Å². The van der Waals surface area contributed by atoms with E-state index in [-0.39, 0.29) is 0 Å². The summed E-state index contributed by atoms with van der Waals surface area (Å²) >= 11 is 0. The molecule has 0 radical (unpaired) electrons. The van der Waals surface area contributed by atoms with Crippen LogP contribution in [0.5, 0.6) is 0 Å². The van der Waals surface area contributed by atoms with Crippen LogP contribution in [0, 0.1) is 0 Å². The van der Waals surface area contributed by atoms with Crippen molar-refractivity contribution in [1.82, 2.24) is 5.32 Å². The van der Waals surface area contributed by atoms with Crippen molar-refractivity contribution in [1.29, 1.82) is 0 Å². The van der Waals surface area contributed by atoms with E-state index in [9.17, 15) is 0 Å². The van der Waals surface area contributed by atoms with E-state index < -0.39 is 0 Å². The summed E-state index contributed by atoms with van der Waals surface area (Å²) in [5.74, 6) is 0. The minimum Gasteiger partial charge on any atom is -0.383 e. The Balaban J connectivity index is 2.69. The molecule has 3 heteroatoms. The van der Waals surface area contributed by atoms with E-state index in [0.29, 0.717) is 6.04 Å². The number of nitrogens with one attached hydrogen (secondary N) is 1. The largest absolute Gasteiger partial charge is 0.383 e. The Kier molecular flexibility index (Phi) is 6.76. The molecule has 1 aromatic rings. The molecule has 18 heavy (non-hydrogen) atoms. The standard InChI is InChI=1S/C15H26N2O/c1-5-16-11-14-7-9-15(10-8-14)17(6-2)13(3)12-18-4/h7-10,13,16H,5-6,11-12H2,1-4H3. The second-order valence-electron chi connectivity index (χ2n) is 4.54. The lowest BCUT2D eigenvalue weighted by Gasteiger charge is -2.29. The number of nitrogens with zero attached hydrogens (tertiary/aromatic N) is 1. The summed E-state index contributed by atoms with van der Waals surface area (Å²) < 4.78 is 5.23. The van der Waals surface area contributed by atoms with Crippen molar-refractivity contribution in [2.24, 2.45) is 0 Å². The van der Waals surface area contributed by atoms with E-state index in [1.807, 2.05) is 0 Å². The normalized spacial score (nSPS) is 12.4. The topological polar surface area (TPSA) is 24.5 Å². The molecule has 0 heterocycles. The van der Waals surface area contributed by atoms with E-state index in [4.69, 9.17) is 4.74 Å². The molecule has 3 nitrogen and oxygen atoms in total. The fourth-order valence-electron chi connectivity index (χ4n) is 2.15. The predicted octanol–water partition coefficient (Wildman–Crippen LogP) is 2.66. The van der Waals surface area contributed by atoms with Crippen LogP contribution in [-0.4, -0.2) is 32.8 Å². The Labute approximate surface area is 111 Å². The summed E-state index contributed by atoms with van der Waals surface area (Å²) in [6.07, 6.45) is 0. The van der Waals surface area contributed by atoms with Crippen molar-refractivity contribution in [3.05, 3.63) is 29.8 Å². The lowest BCUT2D eigenvalue weighted by atomic mass is 10.1. The SMILES string of the molecule is CCNCc1ccc(N(CC)C(C)COC)cc1. The zero-order valence-corrected chi connectivity index (χ0v) is 12.1. The van der Waals surface area contributed by atoms with Gasteiger partial charge in [-0.15, -0.1) is 0 Å². The Morgan fingerprint density at radius 3 is 2.39 bits per heavy atom. The second-order valence-corrected chi connectivity index (χ2v) is 4.54. The number of hydrogen-bond acceptors (Lipinski definition) is 3. The Morgan fingerprint density at radius 2 is 1.89 bits per heavy atom. The number of methoxy groups -OCH3 is 1. The molecule has 0 fully saturated rings. The molecule has 1 N–H and O–H groups in total. The average molecular weight is 250 g/mol. The van der Waals surface area contributed by atoms with Crippen LogP contribution in [0.4, 0.5) is 5.69 Å². The van der Waals surface area contributed by atoms with E-state index in [2.05, 4.69) is 55.3 Å². The lowest BCUT2D eigenvalue weighted by molar-refractivity contribution is 0.182. The first kappa shape index (κ1) is 15.0. The van der Waals surface area contributed by atoms with Crippen LogP contribution in [0.3, 0.4) is 0 Å². The third kappa shape index (κ3) is 4.31. The molecule has 0 saturated carbocycles. The molecule has 0 saturated heterocycles. The number of ether oxygens (including phenoxy) is 1. The van der Waals surface area contributed by atoms with Crippen molar-refractivity contribution in [3.8, 4) is 0 Å². The Hall–Kier alpha value is -1.06. The average Bonchev–Trinajstić information content (AvgIpc) is 2.39. The maximum absolute atomic E-state index is 5.23. The fourth-order valence-corrected chi connectivity index (χ4v) is 2.15. The minimum absolute atomic E-state index is 0.402. The molecule has 0 bridgehead atoms. The van der Waals surface area contributed by atoms with Gasteiger partial charge >= 0.3 is 0 Å². The van der Waals surface area contributed by atoms with Gasteiger partial charge in [0, 0.05) is 31.9 Å². The van der Waals surface area contributed by atoms with Crippen LogP contribution >= 0.6 is 0 Å². The molecular formula is C15H26N2O. The summed E-state index contributed by atoms with van der Waals surface area (Å²) in [6.45, 7) is 10.2. The maximum atomic E-state index is 5.23. The van der Waals surface area contributed by atoms with Gasteiger partial charge in [0.05, 0.1) is 6.61 Å². The van der Waals surface area contributed by atoms with Gasteiger partial charge in [-0.1, -0.05) is 19.1 Å². The summed E-state index contributed by atoms with van der Waals surface area (Å²) in [5.41, 5.74) is 2.60. The Bertz CT molecular complexity index is 324. The van der Waals surface area contributed by atoms with Crippen molar-refractivity contribution >= 4 is 5.69 Å². The second kappa shape index (κ2) is 8.11. The Morgan fingerprint density at radius 1 is 1.22 bits per heavy atom. The highest BCUT2D eigenvalue weighted by molar-refractivity contribution is 5.48. The van der Waals surface area contributed by atoms with E-state index in [0.717, 1.165) is 26.2 Å². The van der Waals surface area contributed by atoms with Gasteiger partial charge in [-0.25, -0.2) is 0 Å². The maximum Gasteiger partial charge on any atom is 0.0663 e. The molecule has 0 aliphatic heterocycles. The molecule has 1 aromatic carbocycles. The number of anilines is 1. The summed E-state index contributed by atoms with van der Waals surface area (Å²) in [6, 6.07) is 9.19. The van der Waals surface area contributed by atoms with Crippen molar-refractivity contribution in [3.63, 3.8) is 0 Å². The molecule has 1 atom stereocenters. The monoisotopic (exact) mass is 250 g/mol. The van der Waals surface area contributed by atoms with Gasteiger partial charge in [-0.2, -0.15) is 0 Å². The van der Waals surface area contributed by atoms with E-state index in [1.54, 1.807) is 7.11 Å². The number of rotatable bonds is 8. The first-order chi connectivity index (χ1) is 8.72. The molecule has 0 aliphatic rings. The third-order valence-electron chi connectivity index (χ3n) is 3.13. The first-order valence-electron chi connectivity index (χ1n) is 6.78. The van der Waals surface area contributed by atoms with Gasteiger partial charge < -0.3 is 15.0 Å². The highest BCUT2D eigenvalue weighted by Crippen LogP contribution is 2.18. The molecule has 0 amide bonds. The third-order valence-corrected chi connectivity index (χ3v) is 3.13. The smallest absolute Gasteiger partial charge is 0.0663 e. The van der Waals surface area contributed by atoms with Gasteiger partial charge in [-0.05, 0) is 38.1 Å². The highest BCUT2D eigenvalue weighted by Gasteiger charge is 2.12. The summed E-state index contributed by atoms with van der Waals surface area (Å²) in [5, 5.41) is 3.34. The highest BCUT2D eigenvalue weighted by atomic mass is 16.5. The van der Waals surface area contributed by atoms with Crippen LogP contribution in [-0.2, 0) is 11.3 Å². The minimum atomic E-state index is 0.402. The molecule has 102 valence electrons. The van der Waals surface area contributed by atoms with Gasteiger partial charge in [0.15, 0.2) is 0 Å². The van der Waals surface area contributed by atoms with Gasteiger partial charge in [0.25, 0.3) is 0 Å². The molecule has 1 rings (SSSR count). The summed E-state index contributed by atoms with van der Waals surface area (Å²) in [4.78, 5) is 2.36. The molecule has 0 aliphatic carbocycles. The summed E-state index contributed by atoms with van der Waals surface area (Å²) in [7, 11) is 1.75. The number of likely N-dealkylation sites (N-methyl/N-ethyl adjacent to an activating group) is 1. The van der Waals surface area contributed by atoms with Crippen LogP contribution in [0.25, 0.3) is 0 Å². The quantitative estimate of drug-likeness (QED) is 0.767. The number of hydrogen-bond donors (Lipinski definition) is 1.